The summed E-state index contributed by atoms with van der Waals surface area (Å²) in [6, 6.07) is 15.1. The number of rotatable bonds is 5. The Morgan fingerprint density at radius 1 is 1.00 bits per heavy atom. The molecule has 4 heterocycles. The van der Waals surface area contributed by atoms with Crippen LogP contribution in [-0.4, -0.2) is 75.3 Å². The zero-order chi connectivity index (χ0) is 26.0. The summed E-state index contributed by atoms with van der Waals surface area (Å²) in [5.74, 6) is 1.45. The van der Waals surface area contributed by atoms with Gasteiger partial charge in [0.05, 0.1) is 18.2 Å². The predicted octanol–water partition coefficient (Wildman–Crippen LogP) is 3.41. The lowest BCUT2D eigenvalue weighted by molar-refractivity contribution is -0.128. The van der Waals surface area contributed by atoms with Crippen molar-refractivity contribution in [3.8, 4) is 17.1 Å². The number of nitrogens with zero attached hydrogens (tertiary/aromatic N) is 6. The highest BCUT2D eigenvalue weighted by molar-refractivity contribution is 6.33. The molecule has 2 aromatic carbocycles. The van der Waals surface area contributed by atoms with Crippen LogP contribution in [0.15, 0.2) is 54.9 Å². The maximum absolute atomic E-state index is 12.7. The van der Waals surface area contributed by atoms with E-state index in [1.54, 1.807) is 6.33 Å². The summed E-state index contributed by atoms with van der Waals surface area (Å²) in [6.07, 6.45) is 1.56. The second kappa shape index (κ2) is 8.91. The van der Waals surface area contributed by atoms with Gasteiger partial charge in [0, 0.05) is 54.3 Å². The molecule has 38 heavy (non-hydrogen) atoms. The Morgan fingerprint density at radius 3 is 2.39 bits per heavy atom. The first-order valence-electron chi connectivity index (χ1n) is 12.6. The molecule has 3 aliphatic rings. The van der Waals surface area contributed by atoms with E-state index in [4.69, 9.17) is 38.7 Å². The monoisotopic (exact) mass is 549 g/mol. The predicted molar refractivity (Wildman–Crippen MR) is 146 cm³/mol. The lowest BCUT2D eigenvalue weighted by atomic mass is 10.1. The third-order valence-electron chi connectivity index (χ3n) is 8.19. The first-order valence-corrected chi connectivity index (χ1v) is 13.4. The zero-order valence-corrected chi connectivity index (χ0v) is 21.9. The fraction of sp³-hybridized carbons (Fsp3) is 0.333. The summed E-state index contributed by atoms with van der Waals surface area (Å²) in [7, 11) is 0. The third kappa shape index (κ3) is 3.46. The highest BCUT2D eigenvalue weighted by atomic mass is 35.5. The minimum atomic E-state index is -0.599. The van der Waals surface area contributed by atoms with Gasteiger partial charge < -0.3 is 15.4 Å². The van der Waals surface area contributed by atoms with Crippen molar-refractivity contribution in [1.29, 1.82) is 0 Å². The van der Waals surface area contributed by atoms with Crippen LogP contribution in [0.4, 0.5) is 5.82 Å². The second-order valence-corrected chi connectivity index (χ2v) is 10.8. The van der Waals surface area contributed by atoms with Crippen molar-refractivity contribution in [2.24, 2.45) is 17.6 Å². The first kappa shape index (κ1) is 23.8. The van der Waals surface area contributed by atoms with E-state index in [0.717, 1.165) is 30.2 Å². The molecule has 7 rings (SSSR count). The van der Waals surface area contributed by atoms with Gasteiger partial charge in [-0.2, -0.15) is 0 Å². The van der Waals surface area contributed by atoms with Gasteiger partial charge in [0.15, 0.2) is 17.0 Å². The quantitative estimate of drug-likeness (QED) is 0.407. The van der Waals surface area contributed by atoms with Gasteiger partial charge in [0.2, 0.25) is 5.91 Å². The molecule has 3 fully saturated rings. The fourth-order valence-corrected chi connectivity index (χ4v) is 6.82. The first-order chi connectivity index (χ1) is 18.5. The number of hydrogen-bond acceptors (Lipinski definition) is 7. The number of imidazole rings is 1. The SMILES string of the molecule is NC(=O)C1(N2CCOCC2)C2CN(c3ncnc4c3nc(-c3ccccc3Cl)n4-c3ccc(Cl)cc3)CC21. The second-order valence-electron chi connectivity index (χ2n) is 10.0. The van der Waals surface area contributed by atoms with Crippen LogP contribution >= 0.6 is 23.2 Å². The van der Waals surface area contributed by atoms with Crippen LogP contribution in [0.5, 0.6) is 0 Å². The molecule has 2 saturated heterocycles. The smallest absolute Gasteiger partial charge is 0.238 e. The van der Waals surface area contributed by atoms with Crippen LogP contribution in [0.2, 0.25) is 10.0 Å². The van der Waals surface area contributed by atoms with Crippen molar-refractivity contribution in [2.75, 3.05) is 44.3 Å². The maximum Gasteiger partial charge on any atom is 0.238 e. The molecular weight excluding hydrogens is 525 g/mol. The molecule has 0 spiro atoms. The number of amides is 1. The number of nitrogens with two attached hydrogens (primary N) is 1. The summed E-state index contributed by atoms with van der Waals surface area (Å²) in [5.41, 5.74) is 8.40. The molecule has 2 aliphatic heterocycles. The Morgan fingerprint density at radius 2 is 1.71 bits per heavy atom. The number of anilines is 1. The minimum Gasteiger partial charge on any atom is -0.379 e. The van der Waals surface area contributed by atoms with E-state index < -0.39 is 5.54 Å². The van der Waals surface area contributed by atoms with Gasteiger partial charge in [-0.3, -0.25) is 14.3 Å². The highest BCUT2D eigenvalue weighted by Crippen LogP contribution is 2.59. The third-order valence-corrected chi connectivity index (χ3v) is 8.78. The average molecular weight is 550 g/mol. The number of fused-ring (bicyclic) bond motifs is 2. The summed E-state index contributed by atoms with van der Waals surface area (Å²) in [6.45, 7) is 4.04. The van der Waals surface area contributed by atoms with Crippen molar-refractivity contribution in [3.63, 3.8) is 0 Å². The van der Waals surface area contributed by atoms with E-state index in [1.165, 1.54) is 0 Å². The zero-order valence-electron chi connectivity index (χ0n) is 20.4. The van der Waals surface area contributed by atoms with Crippen molar-refractivity contribution in [2.45, 2.75) is 5.54 Å². The van der Waals surface area contributed by atoms with Crippen LogP contribution in [0.1, 0.15) is 0 Å². The number of benzene rings is 2. The maximum atomic E-state index is 12.7. The number of halogens is 2. The largest absolute Gasteiger partial charge is 0.379 e. The Balaban J connectivity index is 1.30. The lowest BCUT2D eigenvalue weighted by Gasteiger charge is -2.37. The highest BCUT2D eigenvalue weighted by Gasteiger charge is 2.74. The Hall–Kier alpha value is -3.24. The molecule has 2 atom stereocenters. The Bertz CT molecular complexity index is 1540. The summed E-state index contributed by atoms with van der Waals surface area (Å²) in [4.78, 5) is 31.5. The summed E-state index contributed by atoms with van der Waals surface area (Å²) < 4.78 is 7.50. The van der Waals surface area contributed by atoms with Gasteiger partial charge in [0.1, 0.15) is 17.7 Å². The van der Waals surface area contributed by atoms with Gasteiger partial charge in [-0.15, -0.1) is 0 Å². The number of morpholine rings is 1. The van der Waals surface area contributed by atoms with Gasteiger partial charge in [-0.25, -0.2) is 15.0 Å². The Kier molecular flexibility index (Phi) is 5.59. The molecule has 2 unspecified atom stereocenters. The van der Waals surface area contributed by atoms with E-state index in [0.29, 0.717) is 53.3 Å². The van der Waals surface area contributed by atoms with E-state index in [9.17, 15) is 4.79 Å². The number of carbonyl (C=O) groups excluding carboxylic acids is 1. The van der Waals surface area contributed by atoms with Crippen LogP contribution in [0.25, 0.3) is 28.2 Å². The van der Waals surface area contributed by atoms with Gasteiger partial charge in [-0.05, 0) is 36.4 Å². The minimum absolute atomic E-state index is 0.143. The Labute approximate surface area is 229 Å². The van der Waals surface area contributed by atoms with Crippen molar-refractivity contribution >= 4 is 46.1 Å². The van der Waals surface area contributed by atoms with Gasteiger partial charge >= 0.3 is 0 Å². The van der Waals surface area contributed by atoms with E-state index in [1.807, 2.05) is 53.1 Å². The van der Waals surface area contributed by atoms with Crippen molar-refractivity contribution in [1.82, 2.24) is 24.4 Å². The van der Waals surface area contributed by atoms with Gasteiger partial charge in [-0.1, -0.05) is 35.3 Å². The van der Waals surface area contributed by atoms with E-state index in [2.05, 4.69) is 19.8 Å². The molecule has 0 bridgehead atoms. The molecule has 2 N–H and O–H groups in total. The molecule has 4 aromatic rings. The standard InChI is InChI=1S/C27H25Cl2N7O2/c28-16-5-7-17(8-6-16)36-23(18-3-1-2-4-21(18)29)33-22-24(31-15-32-25(22)36)34-13-19-20(14-34)27(19,26(30)37)35-9-11-38-12-10-35/h1-8,15,19-20H,9-14H2,(H2,30,37). The van der Waals surface area contributed by atoms with Crippen LogP contribution < -0.4 is 10.6 Å². The van der Waals surface area contributed by atoms with Crippen molar-refractivity contribution in [3.05, 3.63) is 64.9 Å². The molecule has 1 saturated carbocycles. The van der Waals surface area contributed by atoms with E-state index in [-0.39, 0.29) is 17.7 Å². The van der Waals surface area contributed by atoms with Crippen LogP contribution in [0, 0.1) is 11.8 Å². The summed E-state index contributed by atoms with van der Waals surface area (Å²) in [5, 5.41) is 1.23. The number of piperidine rings is 1. The van der Waals surface area contributed by atoms with Crippen LogP contribution in [0.3, 0.4) is 0 Å². The fourth-order valence-electron chi connectivity index (χ4n) is 6.47. The molecule has 1 aliphatic carbocycles. The topological polar surface area (TPSA) is 102 Å². The molecule has 0 radical (unpaired) electrons. The lowest BCUT2D eigenvalue weighted by Crippen LogP contribution is -2.56. The number of ether oxygens (including phenoxy) is 1. The molecule has 11 heteroatoms. The number of carbonyl (C=O) groups is 1. The number of hydrogen-bond donors (Lipinski definition) is 1. The molecule has 9 nitrogen and oxygen atoms in total. The molecule has 1 amide bonds. The number of aromatic nitrogens is 4. The normalized spacial score (nSPS) is 25.1. The number of primary amides is 1. The average Bonchev–Trinajstić information content (AvgIpc) is 3.20. The molecular formula is C27H25Cl2N7O2. The van der Waals surface area contributed by atoms with E-state index >= 15 is 0 Å². The molecule has 194 valence electrons. The van der Waals surface area contributed by atoms with Crippen molar-refractivity contribution < 1.29 is 9.53 Å². The van der Waals surface area contributed by atoms with Crippen LogP contribution in [-0.2, 0) is 9.53 Å². The van der Waals surface area contributed by atoms with Gasteiger partial charge in [0.25, 0.3) is 0 Å². The summed E-state index contributed by atoms with van der Waals surface area (Å²) >= 11 is 12.8. The molecule has 2 aromatic heterocycles.